The third kappa shape index (κ3) is 2.95. The fraction of sp³-hybridized carbons (Fsp3) is 0.625. The Balaban J connectivity index is 2.02. The van der Waals surface area contributed by atoms with E-state index in [1.54, 1.807) is 7.05 Å². The number of aliphatic carboxylic acids is 1. The summed E-state index contributed by atoms with van der Waals surface area (Å²) in [4.78, 5) is 23.5. The second-order valence-electron chi connectivity index (χ2n) is 6.79. The van der Waals surface area contributed by atoms with Gasteiger partial charge in [-0.3, -0.25) is 9.59 Å². The number of carbonyl (C=O) groups excluding carboxylic acids is 1. The molecular weight excluding hydrogens is 346 g/mol. The van der Waals surface area contributed by atoms with Gasteiger partial charge in [0.05, 0.1) is 0 Å². The largest absolute Gasteiger partial charge is 0.480 e. The van der Waals surface area contributed by atoms with E-state index >= 15 is 0 Å². The van der Waals surface area contributed by atoms with E-state index in [9.17, 15) is 23.1 Å². The van der Waals surface area contributed by atoms with Gasteiger partial charge in [-0.1, -0.05) is 12.8 Å². The Bertz CT molecular complexity index is 801. The molecule has 138 valence electrons. The first kappa shape index (κ1) is 17.9. The number of hydrogen-bond donors (Lipinski definition) is 2. The van der Waals surface area contributed by atoms with Crippen molar-refractivity contribution in [3.05, 3.63) is 18.0 Å². The van der Waals surface area contributed by atoms with E-state index in [2.05, 4.69) is 5.32 Å². The molecule has 0 radical (unpaired) electrons. The first-order valence-corrected chi connectivity index (χ1v) is 9.86. The predicted molar refractivity (Wildman–Crippen MR) is 89.6 cm³/mol. The molecule has 1 saturated heterocycles. The van der Waals surface area contributed by atoms with E-state index in [0.29, 0.717) is 12.8 Å². The van der Waals surface area contributed by atoms with Gasteiger partial charge in [0, 0.05) is 26.3 Å². The van der Waals surface area contributed by atoms with Crippen LogP contribution in [-0.2, 0) is 21.9 Å². The van der Waals surface area contributed by atoms with Crippen molar-refractivity contribution in [1.29, 1.82) is 0 Å². The first-order chi connectivity index (χ1) is 11.8. The van der Waals surface area contributed by atoms with Gasteiger partial charge in [-0.2, -0.15) is 4.31 Å². The average molecular weight is 369 g/mol. The van der Waals surface area contributed by atoms with Crippen LogP contribution in [0.3, 0.4) is 0 Å². The number of rotatable bonds is 4. The molecule has 8 nitrogen and oxygen atoms in total. The molecule has 2 fully saturated rings. The van der Waals surface area contributed by atoms with Crippen LogP contribution in [0.25, 0.3) is 0 Å². The fourth-order valence-corrected chi connectivity index (χ4v) is 6.07. The molecule has 1 aliphatic heterocycles. The second-order valence-corrected chi connectivity index (χ2v) is 8.63. The molecule has 2 N–H and O–H groups in total. The van der Waals surface area contributed by atoms with Crippen molar-refractivity contribution in [2.75, 3.05) is 7.05 Å². The highest BCUT2D eigenvalue weighted by molar-refractivity contribution is 7.89. The molecule has 1 aliphatic carbocycles. The summed E-state index contributed by atoms with van der Waals surface area (Å²) in [6, 6.07) is -0.00581. The molecule has 1 amide bonds. The molecule has 1 saturated carbocycles. The number of carboxylic acids is 1. The molecule has 0 bridgehead atoms. The maximum Gasteiger partial charge on any atom is 0.322 e. The molecule has 1 aromatic heterocycles. The van der Waals surface area contributed by atoms with Gasteiger partial charge in [0.15, 0.2) is 0 Å². The maximum absolute atomic E-state index is 13.2. The van der Waals surface area contributed by atoms with E-state index in [1.165, 1.54) is 28.2 Å². The van der Waals surface area contributed by atoms with E-state index in [4.69, 9.17) is 0 Å². The van der Waals surface area contributed by atoms with Crippen LogP contribution in [0.2, 0.25) is 0 Å². The summed E-state index contributed by atoms with van der Waals surface area (Å²) in [7, 11) is -0.937. The van der Waals surface area contributed by atoms with Gasteiger partial charge in [0.25, 0.3) is 5.91 Å². The standard InChI is InChI=1S/C16H23N3O5S/c1-17-15(20)13-8-11(9-18(13)2)25(23,24)19-12-6-4-3-5-10(12)7-14(19)16(21)22/h8-10,12,14H,3-7H2,1-2H3,(H,17,20)(H,21,22). The Labute approximate surface area is 146 Å². The lowest BCUT2D eigenvalue weighted by Crippen LogP contribution is -2.46. The van der Waals surface area contributed by atoms with Crippen molar-refractivity contribution >= 4 is 21.9 Å². The SMILES string of the molecule is CNC(=O)c1cc(S(=O)(=O)N2C(C(=O)O)CC3CCCCC32)cn1C. The van der Waals surface area contributed by atoms with E-state index < -0.39 is 27.9 Å². The summed E-state index contributed by atoms with van der Waals surface area (Å²) in [5.74, 6) is -1.41. The number of sulfonamides is 1. The summed E-state index contributed by atoms with van der Waals surface area (Å²) >= 11 is 0. The Morgan fingerprint density at radius 3 is 2.60 bits per heavy atom. The summed E-state index contributed by atoms with van der Waals surface area (Å²) in [6.07, 6.45) is 5.18. The lowest BCUT2D eigenvalue weighted by atomic mass is 9.85. The number of fused-ring (bicyclic) bond motifs is 1. The highest BCUT2D eigenvalue weighted by atomic mass is 32.2. The van der Waals surface area contributed by atoms with E-state index in [0.717, 1.165) is 19.3 Å². The number of hydrogen-bond acceptors (Lipinski definition) is 4. The third-order valence-electron chi connectivity index (χ3n) is 5.33. The van der Waals surface area contributed by atoms with Gasteiger partial charge in [0.1, 0.15) is 16.6 Å². The van der Waals surface area contributed by atoms with Gasteiger partial charge in [-0.05, 0) is 31.2 Å². The number of aromatic nitrogens is 1. The Morgan fingerprint density at radius 2 is 1.96 bits per heavy atom. The van der Waals surface area contributed by atoms with Crippen LogP contribution in [0.5, 0.6) is 0 Å². The smallest absolute Gasteiger partial charge is 0.322 e. The molecule has 0 aromatic carbocycles. The Hall–Kier alpha value is -1.87. The molecule has 2 aliphatic rings. The van der Waals surface area contributed by atoms with Crippen molar-refractivity contribution in [2.24, 2.45) is 13.0 Å². The minimum Gasteiger partial charge on any atom is -0.480 e. The summed E-state index contributed by atoms with van der Waals surface area (Å²) < 4.78 is 29.0. The van der Waals surface area contributed by atoms with Crippen molar-refractivity contribution in [1.82, 2.24) is 14.2 Å². The number of carbonyl (C=O) groups is 2. The van der Waals surface area contributed by atoms with Gasteiger partial charge in [-0.25, -0.2) is 8.42 Å². The average Bonchev–Trinajstić information content (AvgIpc) is 3.15. The summed E-state index contributed by atoms with van der Waals surface area (Å²) in [6.45, 7) is 0. The number of carboxylic acid groups (broad SMARTS) is 1. The van der Waals surface area contributed by atoms with Crippen LogP contribution >= 0.6 is 0 Å². The topological polar surface area (TPSA) is 109 Å². The van der Waals surface area contributed by atoms with E-state index in [-0.39, 0.29) is 22.5 Å². The molecule has 3 rings (SSSR count). The highest BCUT2D eigenvalue weighted by Crippen LogP contribution is 2.42. The van der Waals surface area contributed by atoms with Crippen LogP contribution < -0.4 is 5.32 Å². The molecular formula is C16H23N3O5S. The minimum absolute atomic E-state index is 0.0360. The fourth-order valence-electron chi connectivity index (χ4n) is 4.13. The van der Waals surface area contributed by atoms with Crippen LogP contribution in [0.4, 0.5) is 0 Å². The molecule has 3 unspecified atom stereocenters. The summed E-state index contributed by atoms with van der Waals surface area (Å²) in [5, 5.41) is 12.0. The highest BCUT2D eigenvalue weighted by Gasteiger charge is 2.51. The number of nitrogens with one attached hydrogen (secondary N) is 1. The first-order valence-electron chi connectivity index (χ1n) is 8.42. The van der Waals surface area contributed by atoms with Crippen LogP contribution in [0, 0.1) is 5.92 Å². The van der Waals surface area contributed by atoms with Crippen molar-refractivity contribution in [2.45, 2.75) is 49.1 Å². The van der Waals surface area contributed by atoms with Crippen LogP contribution in [0.1, 0.15) is 42.6 Å². The zero-order valence-electron chi connectivity index (χ0n) is 14.3. The Kier molecular flexibility index (Phi) is 4.63. The van der Waals surface area contributed by atoms with Gasteiger partial charge in [-0.15, -0.1) is 0 Å². The van der Waals surface area contributed by atoms with Gasteiger partial charge < -0.3 is 15.0 Å². The minimum atomic E-state index is -4.00. The normalized spacial score (nSPS) is 27.0. The molecule has 0 spiro atoms. The van der Waals surface area contributed by atoms with Crippen molar-refractivity contribution < 1.29 is 23.1 Å². The van der Waals surface area contributed by atoms with E-state index in [1.807, 2.05) is 0 Å². The predicted octanol–water partition coefficient (Wildman–Crippen LogP) is 0.791. The number of amides is 1. The number of aryl methyl sites for hydroxylation is 1. The molecule has 25 heavy (non-hydrogen) atoms. The Morgan fingerprint density at radius 1 is 1.28 bits per heavy atom. The lowest BCUT2D eigenvalue weighted by molar-refractivity contribution is -0.141. The van der Waals surface area contributed by atoms with Crippen molar-refractivity contribution in [3.8, 4) is 0 Å². The van der Waals surface area contributed by atoms with Gasteiger partial charge in [0.2, 0.25) is 10.0 Å². The number of nitrogens with zero attached hydrogens (tertiary/aromatic N) is 2. The second kappa shape index (κ2) is 6.45. The quantitative estimate of drug-likeness (QED) is 0.816. The third-order valence-corrected chi connectivity index (χ3v) is 7.23. The zero-order chi connectivity index (χ0) is 18.4. The molecule has 2 heterocycles. The van der Waals surface area contributed by atoms with Crippen LogP contribution in [-0.4, -0.2) is 53.4 Å². The molecule has 1 aromatic rings. The lowest BCUT2D eigenvalue weighted by Gasteiger charge is -2.31. The zero-order valence-corrected chi connectivity index (χ0v) is 15.1. The van der Waals surface area contributed by atoms with Gasteiger partial charge >= 0.3 is 5.97 Å². The monoisotopic (exact) mass is 369 g/mol. The van der Waals surface area contributed by atoms with Crippen molar-refractivity contribution in [3.63, 3.8) is 0 Å². The maximum atomic E-state index is 13.2. The van der Waals surface area contributed by atoms with Crippen LogP contribution in [0.15, 0.2) is 17.2 Å². The molecule has 3 atom stereocenters. The molecule has 9 heteroatoms. The summed E-state index contributed by atoms with van der Waals surface area (Å²) in [5.41, 5.74) is 0.215.